The van der Waals surface area contributed by atoms with E-state index >= 15 is 0 Å². The second-order valence-corrected chi connectivity index (χ2v) is 20.4. The molecule has 6 atom stereocenters. The molecule has 1 aliphatic heterocycles. The molecule has 16 heteroatoms. The summed E-state index contributed by atoms with van der Waals surface area (Å²) in [5, 5.41) is 11.0. The van der Waals surface area contributed by atoms with E-state index in [0.717, 1.165) is 19.3 Å². The van der Waals surface area contributed by atoms with Crippen molar-refractivity contribution >= 4 is 35.2 Å². The van der Waals surface area contributed by atoms with Crippen LogP contribution in [0.1, 0.15) is 126 Å². The van der Waals surface area contributed by atoms with Gasteiger partial charge in [0.2, 0.25) is 28.5 Å². The summed E-state index contributed by atoms with van der Waals surface area (Å²) < 4.78 is 40.2. The summed E-state index contributed by atoms with van der Waals surface area (Å²) in [6.07, 6.45) is -1.79. The molecule has 4 aliphatic rings. The van der Waals surface area contributed by atoms with Gasteiger partial charge in [0.05, 0.1) is 17.8 Å². The van der Waals surface area contributed by atoms with Crippen molar-refractivity contribution in [2.45, 2.75) is 162 Å². The lowest BCUT2D eigenvalue weighted by molar-refractivity contribution is -0.148. The average Bonchev–Trinajstić information content (AvgIpc) is 3.96. The largest absolute Gasteiger partial charge is 0.389 e. The van der Waals surface area contributed by atoms with Gasteiger partial charge in [-0.25, -0.2) is 4.79 Å². The van der Waals surface area contributed by atoms with E-state index in [-0.39, 0.29) is 36.4 Å². The minimum Gasteiger partial charge on any atom is -0.369 e. The summed E-state index contributed by atoms with van der Waals surface area (Å²) >= 11 is 0. The third kappa shape index (κ3) is 9.56. The first kappa shape index (κ1) is 45.1. The van der Waals surface area contributed by atoms with Crippen LogP contribution in [0.5, 0.6) is 0 Å². The van der Waals surface area contributed by atoms with Crippen molar-refractivity contribution in [1.82, 2.24) is 26.2 Å². The van der Waals surface area contributed by atoms with Crippen LogP contribution in [0.15, 0.2) is 9.59 Å². The van der Waals surface area contributed by atoms with E-state index < -0.39 is 99.8 Å². The maximum Gasteiger partial charge on any atom is 0.389 e. The Morgan fingerprint density at radius 2 is 1.48 bits per heavy atom. The van der Waals surface area contributed by atoms with Crippen LogP contribution in [0.25, 0.3) is 0 Å². The summed E-state index contributed by atoms with van der Waals surface area (Å²) in [5.41, 5.74) is -2.57. The van der Waals surface area contributed by atoms with Crippen molar-refractivity contribution in [2.75, 3.05) is 25.0 Å². The number of rotatable bonds is 14. The highest BCUT2D eigenvalue weighted by Gasteiger charge is 2.70. The molecule has 0 aromatic heterocycles. The molecule has 2 unspecified atom stereocenters. The van der Waals surface area contributed by atoms with Crippen LogP contribution < -0.4 is 37.0 Å². The highest BCUT2D eigenvalue weighted by molar-refractivity contribution is 6.38. The minimum atomic E-state index is -4.65. The van der Waals surface area contributed by atoms with Gasteiger partial charge in [0.15, 0.2) is 0 Å². The standard InChI is InChI=1S/C42H63F3N6O7/c1-38(2,3)25(21-50(10)28-27(39(4,5)6)31(53)32(28)54)48-37(58)49-33(41(9)17-12-11-13-18-41)36(57)51-20-23-26(40(23,7)8)29(51)34(55)47-24(16-19-42(43,44)45)30(52)35(56)46-22-14-15-22/h22-26,29,33H,11-21H2,1-10H3,(H,46,56)(H,47,55)(H2,48,49,58)/t23?,24?,25-,26+,29+,33-/m1/s1. The topological polar surface area (TPSA) is 174 Å². The fourth-order valence-corrected chi connectivity index (χ4v) is 9.31. The Hall–Kier alpha value is -3.98. The van der Waals surface area contributed by atoms with Crippen molar-refractivity contribution in [3.63, 3.8) is 0 Å². The number of carbonyl (C=O) groups excluding carboxylic acids is 5. The van der Waals surface area contributed by atoms with Crippen LogP contribution in [-0.4, -0.2) is 91.0 Å². The number of anilines is 1. The summed E-state index contributed by atoms with van der Waals surface area (Å²) in [6.45, 7) is 17.5. The number of amides is 5. The molecular weight excluding hydrogens is 757 g/mol. The molecule has 0 radical (unpaired) electrons. The first-order valence-corrected chi connectivity index (χ1v) is 20.7. The molecule has 5 amide bonds. The molecule has 0 bridgehead atoms. The Morgan fingerprint density at radius 1 is 0.879 bits per heavy atom. The molecule has 1 heterocycles. The number of halogens is 3. The summed E-state index contributed by atoms with van der Waals surface area (Å²) in [7, 11) is 1.70. The molecule has 13 nitrogen and oxygen atoms in total. The van der Waals surface area contributed by atoms with Gasteiger partial charge in [0.25, 0.3) is 5.91 Å². The summed E-state index contributed by atoms with van der Waals surface area (Å²) in [6, 6.07) is -5.42. The molecule has 3 aliphatic carbocycles. The van der Waals surface area contributed by atoms with Crippen LogP contribution in [0, 0.1) is 28.1 Å². The zero-order valence-corrected chi connectivity index (χ0v) is 35.7. The number of ketones is 1. The maximum atomic E-state index is 14.9. The smallest absolute Gasteiger partial charge is 0.369 e. The molecule has 3 saturated carbocycles. The van der Waals surface area contributed by atoms with Crippen LogP contribution >= 0.6 is 0 Å². The van der Waals surface area contributed by atoms with Crippen LogP contribution in [0.3, 0.4) is 0 Å². The van der Waals surface area contributed by atoms with Gasteiger partial charge >= 0.3 is 12.2 Å². The summed E-state index contributed by atoms with van der Waals surface area (Å²) in [5.74, 6) is -4.02. The van der Waals surface area contributed by atoms with Crippen molar-refractivity contribution in [3.05, 3.63) is 26.0 Å². The molecule has 0 spiro atoms. The molecular formula is C42H63F3N6O7. The Bertz CT molecular complexity index is 1850. The van der Waals surface area contributed by atoms with Crippen LogP contribution in [0.2, 0.25) is 0 Å². The van der Waals surface area contributed by atoms with Gasteiger partial charge in [-0.15, -0.1) is 0 Å². The number of piperidine rings is 1. The quantitative estimate of drug-likeness (QED) is 0.202. The third-order valence-electron chi connectivity index (χ3n) is 13.3. The first-order valence-electron chi connectivity index (χ1n) is 20.7. The van der Waals surface area contributed by atoms with E-state index in [9.17, 15) is 46.7 Å². The van der Waals surface area contributed by atoms with E-state index in [1.54, 1.807) is 11.9 Å². The molecule has 58 heavy (non-hydrogen) atoms. The van der Waals surface area contributed by atoms with Gasteiger partial charge in [-0.05, 0) is 65.6 Å². The monoisotopic (exact) mass is 820 g/mol. The van der Waals surface area contributed by atoms with Gasteiger partial charge in [0.1, 0.15) is 12.1 Å². The number of Topliss-reactive ketones (excluding diaryl/α,β-unsaturated/α-hetero) is 1. The number of carbonyl (C=O) groups is 5. The van der Waals surface area contributed by atoms with Gasteiger partial charge in [-0.1, -0.05) is 81.6 Å². The third-order valence-corrected chi connectivity index (χ3v) is 13.3. The van der Waals surface area contributed by atoms with Gasteiger partial charge in [0, 0.05) is 38.2 Å². The minimum absolute atomic E-state index is 0.113. The number of nitrogens with one attached hydrogen (secondary N) is 4. The average molecular weight is 821 g/mol. The lowest BCUT2D eigenvalue weighted by Crippen LogP contribution is -2.64. The van der Waals surface area contributed by atoms with Crippen molar-refractivity contribution in [1.29, 1.82) is 0 Å². The van der Waals surface area contributed by atoms with Crippen LogP contribution in [-0.2, 0) is 24.6 Å². The van der Waals surface area contributed by atoms with Gasteiger partial charge < -0.3 is 31.1 Å². The fourth-order valence-electron chi connectivity index (χ4n) is 9.31. The Morgan fingerprint density at radius 3 is 2.02 bits per heavy atom. The highest BCUT2D eigenvalue weighted by Crippen LogP contribution is 2.65. The van der Waals surface area contributed by atoms with E-state index in [1.807, 2.05) is 62.3 Å². The SMILES string of the molecule is CN(C[C@@H](NC(=O)N[C@H](C(=O)N1CC2[C@@H]([C@H]1C(=O)NC(CCC(F)(F)F)C(=O)C(=O)NC1CC1)C2(C)C)C1(C)CCCCC1)C(C)(C)C)c1c(C(C)(C)C)c(=O)c1=O. The number of likely N-dealkylation sites (N-methyl/N-ethyl adjacent to an activating group) is 1. The van der Waals surface area contributed by atoms with Gasteiger partial charge in [-0.2, -0.15) is 13.2 Å². The number of nitrogens with zero attached hydrogens (tertiary/aromatic N) is 2. The van der Waals surface area contributed by atoms with Crippen molar-refractivity contribution < 1.29 is 37.1 Å². The molecule has 5 rings (SSSR count). The van der Waals surface area contributed by atoms with Crippen LogP contribution in [0.4, 0.5) is 23.7 Å². The van der Waals surface area contributed by atoms with E-state index in [0.29, 0.717) is 36.9 Å². The van der Waals surface area contributed by atoms with E-state index in [1.165, 1.54) is 4.90 Å². The Labute approximate surface area is 339 Å². The number of urea groups is 1. The molecule has 1 saturated heterocycles. The van der Waals surface area contributed by atoms with E-state index in [2.05, 4.69) is 21.3 Å². The predicted molar refractivity (Wildman–Crippen MR) is 213 cm³/mol. The Balaban J connectivity index is 1.39. The summed E-state index contributed by atoms with van der Waals surface area (Å²) in [4.78, 5) is 97.6. The number of likely N-dealkylation sites (tertiary alicyclic amines) is 1. The van der Waals surface area contributed by atoms with E-state index in [4.69, 9.17) is 0 Å². The van der Waals surface area contributed by atoms with Gasteiger partial charge in [-0.3, -0.25) is 28.8 Å². The second kappa shape index (κ2) is 15.9. The zero-order chi connectivity index (χ0) is 43.5. The normalized spacial score (nSPS) is 24.2. The maximum absolute atomic E-state index is 14.9. The number of alkyl halides is 3. The molecule has 4 N–H and O–H groups in total. The predicted octanol–water partition coefficient (Wildman–Crippen LogP) is 4.23. The lowest BCUT2D eigenvalue weighted by atomic mass is 9.70. The van der Waals surface area contributed by atoms with Crippen molar-refractivity contribution in [2.24, 2.45) is 28.1 Å². The number of hydrogen-bond acceptors (Lipinski definition) is 8. The number of hydrogen-bond donors (Lipinski definition) is 4. The highest BCUT2D eigenvalue weighted by atomic mass is 19.4. The Kier molecular flexibility index (Phi) is 12.4. The molecule has 324 valence electrons. The molecule has 4 fully saturated rings. The first-order chi connectivity index (χ1) is 26.6. The molecule has 1 aromatic rings. The molecule has 1 aromatic carbocycles. The second-order valence-electron chi connectivity index (χ2n) is 20.4. The zero-order valence-electron chi connectivity index (χ0n) is 35.7. The fraction of sp³-hybridized carbons (Fsp3) is 0.786. The number of fused-ring (bicyclic) bond motifs is 1. The van der Waals surface area contributed by atoms with Crippen molar-refractivity contribution in [3.8, 4) is 0 Å². The lowest BCUT2D eigenvalue weighted by Gasteiger charge is -2.43.